The van der Waals surface area contributed by atoms with Gasteiger partial charge in [-0.1, -0.05) is 0 Å². The topological polar surface area (TPSA) is 55.4 Å². The van der Waals surface area contributed by atoms with Gasteiger partial charge in [-0.15, -0.1) is 11.8 Å². The van der Waals surface area contributed by atoms with Crippen LogP contribution in [0.4, 0.5) is 0 Å². The molecule has 0 aromatic carbocycles. The lowest BCUT2D eigenvalue weighted by Gasteiger charge is -2.11. The molecule has 0 saturated carbocycles. The summed E-state index contributed by atoms with van der Waals surface area (Å²) >= 11 is 1.62. The van der Waals surface area contributed by atoms with Crippen LogP contribution in [-0.4, -0.2) is 36.0 Å². The number of rotatable bonds is 2. The molecule has 13 heavy (non-hydrogen) atoms. The van der Waals surface area contributed by atoms with Crippen molar-refractivity contribution in [3.05, 3.63) is 0 Å². The lowest BCUT2D eigenvalue weighted by molar-refractivity contribution is -0.148. The zero-order valence-electron chi connectivity index (χ0n) is 7.54. The molecule has 1 aliphatic heterocycles. The zero-order valence-corrected chi connectivity index (χ0v) is 8.36. The molecule has 0 radical (unpaired) electrons. The quantitative estimate of drug-likeness (QED) is 0.512. The first-order chi connectivity index (χ1) is 6.25. The number of nitrogens with one attached hydrogen (secondary N) is 1. The maximum Gasteiger partial charge on any atom is 0.330 e. The van der Waals surface area contributed by atoms with Crippen LogP contribution >= 0.6 is 11.8 Å². The molecular weight excluding hydrogens is 190 g/mol. The standard InChI is InChI=1S/C8H13NO3S/c1-2-12-8(11)7-6(10)3-4-13-5-9-7/h7,9H,2-5H2,1H3. The van der Waals surface area contributed by atoms with Crippen LogP contribution in [0.15, 0.2) is 0 Å². The van der Waals surface area contributed by atoms with Gasteiger partial charge in [0.2, 0.25) is 0 Å². The highest BCUT2D eigenvalue weighted by molar-refractivity contribution is 7.99. The fraction of sp³-hybridized carbons (Fsp3) is 0.750. The third-order valence-electron chi connectivity index (χ3n) is 1.73. The van der Waals surface area contributed by atoms with E-state index in [0.717, 1.165) is 5.75 Å². The zero-order chi connectivity index (χ0) is 9.68. The average molecular weight is 203 g/mol. The maximum atomic E-state index is 11.4. The van der Waals surface area contributed by atoms with Crippen molar-refractivity contribution in [1.29, 1.82) is 0 Å². The molecule has 0 aromatic rings. The molecule has 1 saturated heterocycles. The van der Waals surface area contributed by atoms with E-state index >= 15 is 0 Å². The average Bonchev–Trinajstić information content (AvgIpc) is 2.30. The Kier molecular flexibility index (Phi) is 4.24. The molecule has 74 valence electrons. The van der Waals surface area contributed by atoms with Gasteiger partial charge < -0.3 is 4.74 Å². The Balaban J connectivity index is 2.53. The van der Waals surface area contributed by atoms with Gasteiger partial charge in [-0.25, -0.2) is 4.79 Å². The highest BCUT2D eigenvalue weighted by Crippen LogP contribution is 2.09. The SMILES string of the molecule is CCOC(=O)C1NCSCCC1=O. The van der Waals surface area contributed by atoms with Gasteiger partial charge >= 0.3 is 5.97 Å². The number of ether oxygens (including phenoxy) is 1. The molecule has 5 heteroatoms. The van der Waals surface area contributed by atoms with Gasteiger partial charge in [0.1, 0.15) is 0 Å². The van der Waals surface area contributed by atoms with Crippen molar-refractivity contribution in [2.75, 3.05) is 18.2 Å². The second kappa shape index (κ2) is 5.24. The molecule has 0 amide bonds. The lowest BCUT2D eigenvalue weighted by Crippen LogP contribution is -2.43. The van der Waals surface area contributed by atoms with Crippen molar-refractivity contribution in [2.45, 2.75) is 19.4 Å². The monoisotopic (exact) mass is 203 g/mol. The minimum atomic E-state index is -0.741. The molecular formula is C8H13NO3S. The first-order valence-electron chi connectivity index (χ1n) is 4.26. The van der Waals surface area contributed by atoms with Crippen LogP contribution in [-0.2, 0) is 14.3 Å². The summed E-state index contributed by atoms with van der Waals surface area (Å²) in [5.41, 5.74) is 0. The summed E-state index contributed by atoms with van der Waals surface area (Å²) in [6.07, 6.45) is 0.446. The van der Waals surface area contributed by atoms with E-state index in [1.807, 2.05) is 0 Å². The molecule has 0 aromatic heterocycles. The highest BCUT2D eigenvalue weighted by Gasteiger charge is 2.28. The molecule has 1 rings (SSSR count). The van der Waals surface area contributed by atoms with Gasteiger partial charge in [0.25, 0.3) is 0 Å². The van der Waals surface area contributed by atoms with E-state index in [0.29, 0.717) is 18.9 Å². The maximum absolute atomic E-state index is 11.4. The Bertz CT molecular complexity index is 208. The molecule has 1 N–H and O–H groups in total. The molecule has 0 spiro atoms. The van der Waals surface area contributed by atoms with Gasteiger partial charge in [0, 0.05) is 18.1 Å². The summed E-state index contributed by atoms with van der Waals surface area (Å²) in [6, 6.07) is -0.741. The first-order valence-corrected chi connectivity index (χ1v) is 5.41. The van der Waals surface area contributed by atoms with Crippen molar-refractivity contribution < 1.29 is 14.3 Å². The summed E-state index contributed by atoms with van der Waals surface area (Å²) in [4.78, 5) is 22.6. The van der Waals surface area contributed by atoms with Crippen LogP contribution in [0.2, 0.25) is 0 Å². The molecule has 0 aliphatic carbocycles. The summed E-state index contributed by atoms with van der Waals surface area (Å²) < 4.78 is 4.78. The number of hydrogen-bond acceptors (Lipinski definition) is 5. The Morgan fingerprint density at radius 3 is 3.23 bits per heavy atom. The number of ketones is 1. The molecule has 1 aliphatic rings. The number of esters is 1. The van der Waals surface area contributed by atoms with E-state index in [2.05, 4.69) is 5.32 Å². The molecule has 1 fully saturated rings. The summed E-state index contributed by atoms with van der Waals surface area (Å²) in [5.74, 6) is 0.898. The van der Waals surface area contributed by atoms with Crippen molar-refractivity contribution in [3.63, 3.8) is 0 Å². The smallest absolute Gasteiger partial charge is 0.330 e. The summed E-state index contributed by atoms with van der Waals surface area (Å²) in [5, 5.41) is 2.85. The largest absolute Gasteiger partial charge is 0.464 e. The molecule has 0 bridgehead atoms. The van der Waals surface area contributed by atoms with E-state index < -0.39 is 12.0 Å². The van der Waals surface area contributed by atoms with Gasteiger partial charge in [0.15, 0.2) is 11.8 Å². The number of carbonyl (C=O) groups excluding carboxylic acids is 2. The van der Waals surface area contributed by atoms with E-state index in [1.165, 1.54) is 0 Å². The predicted octanol–water partition coefficient (Wildman–Crippen LogP) is 0.171. The van der Waals surface area contributed by atoms with Crippen LogP contribution in [0.3, 0.4) is 0 Å². The fourth-order valence-corrected chi connectivity index (χ4v) is 1.86. The lowest BCUT2D eigenvalue weighted by atomic mass is 10.1. The minimum Gasteiger partial charge on any atom is -0.464 e. The van der Waals surface area contributed by atoms with Gasteiger partial charge in [-0.05, 0) is 6.92 Å². The third-order valence-corrected chi connectivity index (χ3v) is 2.59. The first kappa shape index (κ1) is 10.5. The van der Waals surface area contributed by atoms with E-state index in [9.17, 15) is 9.59 Å². The van der Waals surface area contributed by atoms with Crippen molar-refractivity contribution >= 4 is 23.5 Å². The predicted molar refractivity (Wildman–Crippen MR) is 50.5 cm³/mol. The van der Waals surface area contributed by atoms with Crippen LogP contribution in [0.5, 0.6) is 0 Å². The van der Waals surface area contributed by atoms with Crippen molar-refractivity contribution in [3.8, 4) is 0 Å². The van der Waals surface area contributed by atoms with Gasteiger partial charge in [-0.2, -0.15) is 0 Å². The number of carbonyl (C=O) groups is 2. The Morgan fingerprint density at radius 1 is 1.77 bits per heavy atom. The minimum absolute atomic E-state index is 0.0662. The van der Waals surface area contributed by atoms with Crippen molar-refractivity contribution in [2.24, 2.45) is 0 Å². The number of thioether (sulfide) groups is 1. The summed E-state index contributed by atoms with van der Waals surface area (Å²) in [6.45, 7) is 2.05. The molecule has 1 unspecified atom stereocenters. The van der Waals surface area contributed by atoms with Crippen LogP contribution < -0.4 is 5.32 Å². The number of hydrogen-bond donors (Lipinski definition) is 1. The Morgan fingerprint density at radius 2 is 2.54 bits per heavy atom. The van der Waals surface area contributed by atoms with Gasteiger partial charge in [-0.3, -0.25) is 10.1 Å². The normalized spacial score (nSPS) is 23.8. The van der Waals surface area contributed by atoms with Crippen LogP contribution in [0.25, 0.3) is 0 Å². The molecule has 4 nitrogen and oxygen atoms in total. The van der Waals surface area contributed by atoms with E-state index in [1.54, 1.807) is 18.7 Å². The third kappa shape index (κ3) is 3.00. The van der Waals surface area contributed by atoms with Crippen molar-refractivity contribution in [1.82, 2.24) is 5.32 Å². The van der Waals surface area contributed by atoms with Gasteiger partial charge in [0.05, 0.1) is 6.61 Å². The van der Waals surface area contributed by atoms with E-state index in [-0.39, 0.29) is 5.78 Å². The molecule has 1 heterocycles. The Labute approximate surface area is 81.4 Å². The highest BCUT2D eigenvalue weighted by atomic mass is 32.2. The second-order valence-electron chi connectivity index (χ2n) is 2.66. The molecule has 1 atom stereocenters. The van der Waals surface area contributed by atoms with Crippen LogP contribution in [0, 0.1) is 0 Å². The Hall–Kier alpha value is -0.550. The number of Topliss-reactive ketones (excluding diaryl/α,β-unsaturated/α-hetero) is 1. The van der Waals surface area contributed by atoms with E-state index in [4.69, 9.17) is 4.74 Å². The summed E-state index contributed by atoms with van der Waals surface area (Å²) in [7, 11) is 0. The van der Waals surface area contributed by atoms with Crippen LogP contribution in [0.1, 0.15) is 13.3 Å². The fourth-order valence-electron chi connectivity index (χ4n) is 1.09. The second-order valence-corrected chi connectivity index (χ2v) is 3.76.